The molecule has 0 aliphatic heterocycles. The lowest BCUT2D eigenvalue weighted by Crippen LogP contribution is -2.19. The molecule has 3 aromatic heterocycles. The maximum absolute atomic E-state index is 12.4. The number of aromatic nitrogens is 5. The van der Waals surface area contributed by atoms with Crippen molar-refractivity contribution in [1.82, 2.24) is 25.3 Å². The highest BCUT2D eigenvalue weighted by atomic mass is 16.5. The van der Waals surface area contributed by atoms with E-state index in [0.29, 0.717) is 29.1 Å². The highest BCUT2D eigenvalue weighted by Crippen LogP contribution is 2.39. The first-order valence-corrected chi connectivity index (χ1v) is 9.11. The predicted molar refractivity (Wildman–Crippen MR) is 96.8 cm³/mol. The standard InChI is InChI=1S/C19H23N5O2/c1-10(2)8-12-5-6-13(18(25)21-12)17-22-19(26-24-17)16-11(3)4-7-15-14(16)9-20-23-15/h5-6,9-11,16H,4,7-8H2,1-3H3,(H,20,23)(H,21,25). The summed E-state index contributed by atoms with van der Waals surface area (Å²) in [6, 6.07) is 3.70. The Bertz CT molecular complexity index is 968. The summed E-state index contributed by atoms with van der Waals surface area (Å²) in [5, 5.41) is 11.3. The molecule has 1 aliphatic carbocycles. The van der Waals surface area contributed by atoms with Crippen LogP contribution < -0.4 is 5.56 Å². The molecule has 0 amide bonds. The molecule has 4 rings (SSSR count). The van der Waals surface area contributed by atoms with E-state index in [1.54, 1.807) is 6.07 Å². The van der Waals surface area contributed by atoms with Crippen LogP contribution in [-0.2, 0) is 12.8 Å². The van der Waals surface area contributed by atoms with E-state index in [9.17, 15) is 4.79 Å². The average Bonchev–Trinajstić information content (AvgIpc) is 3.23. The number of aryl methyl sites for hydroxylation is 1. The number of fused-ring (bicyclic) bond motifs is 1. The van der Waals surface area contributed by atoms with E-state index in [1.165, 1.54) is 0 Å². The third-order valence-electron chi connectivity index (χ3n) is 5.05. The van der Waals surface area contributed by atoms with Crippen molar-refractivity contribution >= 4 is 0 Å². The van der Waals surface area contributed by atoms with Crippen LogP contribution in [0.4, 0.5) is 0 Å². The number of pyridine rings is 1. The number of nitrogens with zero attached hydrogens (tertiary/aromatic N) is 3. The fraction of sp³-hybridized carbons (Fsp3) is 0.474. The zero-order chi connectivity index (χ0) is 18.3. The second-order valence-electron chi connectivity index (χ2n) is 7.58. The average molecular weight is 353 g/mol. The molecule has 7 heteroatoms. The van der Waals surface area contributed by atoms with Gasteiger partial charge in [0.05, 0.1) is 17.7 Å². The van der Waals surface area contributed by atoms with Gasteiger partial charge in [-0.1, -0.05) is 25.9 Å². The lowest BCUT2D eigenvalue weighted by atomic mass is 9.79. The maximum atomic E-state index is 12.4. The summed E-state index contributed by atoms with van der Waals surface area (Å²) >= 11 is 0. The first-order chi connectivity index (χ1) is 12.5. The minimum atomic E-state index is -0.184. The van der Waals surface area contributed by atoms with Crippen LogP contribution in [0.25, 0.3) is 11.4 Å². The number of rotatable bonds is 4. The molecule has 2 atom stereocenters. The van der Waals surface area contributed by atoms with Gasteiger partial charge in [-0.05, 0) is 43.2 Å². The minimum absolute atomic E-state index is 0.0121. The van der Waals surface area contributed by atoms with Crippen molar-refractivity contribution in [1.29, 1.82) is 0 Å². The second kappa shape index (κ2) is 6.55. The Morgan fingerprint density at radius 1 is 1.35 bits per heavy atom. The minimum Gasteiger partial charge on any atom is -0.338 e. The fourth-order valence-electron chi connectivity index (χ4n) is 3.73. The lowest BCUT2D eigenvalue weighted by molar-refractivity contribution is 0.318. The van der Waals surface area contributed by atoms with Gasteiger partial charge in [-0.3, -0.25) is 9.89 Å². The Labute approximate surface area is 151 Å². The maximum Gasteiger partial charge on any atom is 0.259 e. The van der Waals surface area contributed by atoms with Gasteiger partial charge in [-0.2, -0.15) is 10.1 Å². The lowest BCUT2D eigenvalue weighted by Gasteiger charge is -2.25. The van der Waals surface area contributed by atoms with E-state index in [2.05, 4.69) is 46.1 Å². The quantitative estimate of drug-likeness (QED) is 0.751. The van der Waals surface area contributed by atoms with E-state index in [4.69, 9.17) is 4.52 Å². The van der Waals surface area contributed by atoms with Crippen molar-refractivity contribution in [2.24, 2.45) is 11.8 Å². The Morgan fingerprint density at radius 2 is 2.19 bits per heavy atom. The molecule has 136 valence electrons. The fourth-order valence-corrected chi connectivity index (χ4v) is 3.73. The predicted octanol–water partition coefficient (Wildman–Crippen LogP) is 3.06. The highest BCUT2D eigenvalue weighted by Gasteiger charge is 2.33. The molecule has 0 bridgehead atoms. The number of hydrogen-bond donors (Lipinski definition) is 2. The molecule has 2 unspecified atom stereocenters. The van der Waals surface area contributed by atoms with Gasteiger partial charge in [0.1, 0.15) is 0 Å². The molecule has 0 radical (unpaired) electrons. The third-order valence-corrected chi connectivity index (χ3v) is 5.05. The van der Waals surface area contributed by atoms with Crippen molar-refractivity contribution in [3.8, 4) is 11.4 Å². The summed E-state index contributed by atoms with van der Waals surface area (Å²) in [4.78, 5) is 19.9. The smallest absolute Gasteiger partial charge is 0.259 e. The number of hydrogen-bond acceptors (Lipinski definition) is 5. The van der Waals surface area contributed by atoms with Gasteiger partial charge in [-0.25, -0.2) is 0 Å². The summed E-state index contributed by atoms with van der Waals surface area (Å²) < 4.78 is 5.55. The van der Waals surface area contributed by atoms with Gasteiger partial charge >= 0.3 is 0 Å². The van der Waals surface area contributed by atoms with Crippen molar-refractivity contribution in [3.05, 3.63) is 51.5 Å². The van der Waals surface area contributed by atoms with Crippen molar-refractivity contribution in [2.45, 2.75) is 46.0 Å². The Hall–Kier alpha value is -2.70. The molecular weight excluding hydrogens is 330 g/mol. The molecule has 0 fully saturated rings. The van der Waals surface area contributed by atoms with Gasteiger partial charge in [0, 0.05) is 17.0 Å². The summed E-state index contributed by atoms with van der Waals surface area (Å²) in [5.74, 6) is 1.74. The highest BCUT2D eigenvalue weighted by molar-refractivity contribution is 5.52. The normalized spacial score (nSPS) is 19.7. The summed E-state index contributed by atoms with van der Waals surface area (Å²) in [7, 11) is 0. The van der Waals surface area contributed by atoms with Crippen molar-refractivity contribution in [2.75, 3.05) is 0 Å². The van der Waals surface area contributed by atoms with Gasteiger partial charge in [0.15, 0.2) is 0 Å². The van der Waals surface area contributed by atoms with E-state index in [-0.39, 0.29) is 11.5 Å². The molecule has 2 N–H and O–H groups in total. The van der Waals surface area contributed by atoms with Gasteiger partial charge in [0.2, 0.25) is 11.7 Å². The Morgan fingerprint density at radius 3 is 2.96 bits per heavy atom. The van der Waals surface area contributed by atoms with E-state index in [1.807, 2.05) is 12.3 Å². The van der Waals surface area contributed by atoms with Crippen LogP contribution in [0.1, 0.15) is 56.0 Å². The van der Waals surface area contributed by atoms with E-state index >= 15 is 0 Å². The number of nitrogens with one attached hydrogen (secondary N) is 2. The summed E-state index contributed by atoms with van der Waals surface area (Å²) in [5.41, 5.74) is 3.41. The zero-order valence-electron chi connectivity index (χ0n) is 15.2. The van der Waals surface area contributed by atoms with Crippen LogP contribution in [0.15, 0.2) is 27.6 Å². The van der Waals surface area contributed by atoms with Gasteiger partial charge < -0.3 is 9.51 Å². The molecule has 3 heterocycles. The second-order valence-corrected chi connectivity index (χ2v) is 7.58. The number of aromatic amines is 2. The van der Waals surface area contributed by atoms with E-state index < -0.39 is 0 Å². The van der Waals surface area contributed by atoms with Crippen LogP contribution >= 0.6 is 0 Å². The van der Waals surface area contributed by atoms with Crippen LogP contribution in [-0.4, -0.2) is 25.3 Å². The molecule has 0 aromatic carbocycles. The van der Waals surface area contributed by atoms with Crippen molar-refractivity contribution in [3.63, 3.8) is 0 Å². The largest absolute Gasteiger partial charge is 0.338 e. The molecule has 7 nitrogen and oxygen atoms in total. The monoisotopic (exact) mass is 353 g/mol. The van der Waals surface area contributed by atoms with E-state index in [0.717, 1.165) is 36.2 Å². The Kier molecular flexibility index (Phi) is 4.22. The molecule has 0 spiro atoms. The SMILES string of the molecule is CC(C)Cc1ccc(-c2noc(C3c4cn[nH]c4CCC3C)n2)c(=O)[nH]1. The van der Waals surface area contributed by atoms with Crippen LogP contribution in [0.3, 0.4) is 0 Å². The summed E-state index contributed by atoms with van der Waals surface area (Å²) in [6.45, 7) is 6.41. The molecular formula is C19H23N5O2. The third kappa shape index (κ3) is 2.98. The number of H-pyrrole nitrogens is 2. The molecule has 0 saturated heterocycles. The molecule has 26 heavy (non-hydrogen) atoms. The first-order valence-electron chi connectivity index (χ1n) is 9.11. The molecule has 1 aliphatic rings. The zero-order valence-corrected chi connectivity index (χ0v) is 15.2. The summed E-state index contributed by atoms with van der Waals surface area (Å²) in [6.07, 6.45) is 4.68. The molecule has 0 saturated carbocycles. The van der Waals surface area contributed by atoms with Gasteiger partial charge in [-0.15, -0.1) is 0 Å². The molecule has 3 aromatic rings. The van der Waals surface area contributed by atoms with Crippen molar-refractivity contribution < 1.29 is 4.52 Å². The Balaban J connectivity index is 1.66. The van der Waals surface area contributed by atoms with Crippen LogP contribution in [0.2, 0.25) is 0 Å². The topological polar surface area (TPSA) is 100 Å². The van der Waals surface area contributed by atoms with Crippen LogP contribution in [0, 0.1) is 11.8 Å². The first kappa shape index (κ1) is 16.8. The van der Waals surface area contributed by atoms with Gasteiger partial charge in [0.25, 0.3) is 5.56 Å². The van der Waals surface area contributed by atoms with Crippen LogP contribution in [0.5, 0.6) is 0 Å².